The summed E-state index contributed by atoms with van der Waals surface area (Å²) in [6.45, 7) is 9.32. The first-order chi connectivity index (χ1) is 12.5. The number of hydrogen-bond acceptors (Lipinski definition) is 4. The number of aromatic nitrogens is 1. The van der Waals surface area contributed by atoms with Gasteiger partial charge in [0.15, 0.2) is 0 Å². The lowest BCUT2D eigenvalue weighted by Crippen LogP contribution is -2.48. The molecule has 1 unspecified atom stereocenters. The highest BCUT2D eigenvalue weighted by Crippen LogP contribution is 2.20. The molecule has 1 amide bonds. The lowest BCUT2D eigenvalue weighted by molar-refractivity contribution is -0.121. The topological polar surface area (TPSA) is 48.5 Å². The van der Waals surface area contributed by atoms with Gasteiger partial charge in [-0.3, -0.25) is 14.7 Å². The molecule has 0 radical (unpaired) electrons. The van der Waals surface area contributed by atoms with Crippen molar-refractivity contribution in [2.75, 3.05) is 33.2 Å². The van der Waals surface area contributed by atoms with Crippen molar-refractivity contribution >= 4 is 16.8 Å². The van der Waals surface area contributed by atoms with Gasteiger partial charge in [0.1, 0.15) is 0 Å². The van der Waals surface area contributed by atoms with Crippen molar-refractivity contribution in [2.24, 2.45) is 0 Å². The molecule has 5 heteroatoms. The van der Waals surface area contributed by atoms with Gasteiger partial charge in [-0.1, -0.05) is 12.1 Å². The van der Waals surface area contributed by atoms with Crippen LogP contribution in [0.2, 0.25) is 0 Å². The monoisotopic (exact) mass is 354 g/mol. The lowest BCUT2D eigenvalue weighted by atomic mass is 10.0. The van der Waals surface area contributed by atoms with E-state index in [4.69, 9.17) is 0 Å². The predicted octanol–water partition coefficient (Wildman–Crippen LogP) is 2.58. The zero-order chi connectivity index (χ0) is 18.5. The van der Waals surface area contributed by atoms with Crippen molar-refractivity contribution in [3.63, 3.8) is 0 Å². The average molecular weight is 354 g/mol. The number of nitrogens with one attached hydrogen (secondary N) is 1. The molecule has 0 bridgehead atoms. The fourth-order valence-corrected chi connectivity index (χ4v) is 3.62. The second kappa shape index (κ2) is 8.60. The van der Waals surface area contributed by atoms with E-state index in [-0.39, 0.29) is 5.91 Å². The zero-order valence-corrected chi connectivity index (χ0v) is 16.2. The normalized spacial score (nSPS) is 17.3. The van der Waals surface area contributed by atoms with E-state index in [0.29, 0.717) is 19.0 Å². The van der Waals surface area contributed by atoms with Crippen molar-refractivity contribution in [3.05, 3.63) is 41.6 Å². The van der Waals surface area contributed by atoms with Crippen molar-refractivity contribution in [3.8, 4) is 0 Å². The molecule has 140 valence electrons. The van der Waals surface area contributed by atoms with Gasteiger partial charge in [-0.15, -0.1) is 0 Å². The van der Waals surface area contributed by atoms with Crippen molar-refractivity contribution in [1.82, 2.24) is 20.1 Å². The Morgan fingerprint density at radius 1 is 1.23 bits per heavy atom. The first-order valence-electron chi connectivity index (χ1n) is 9.57. The van der Waals surface area contributed by atoms with E-state index >= 15 is 0 Å². The van der Waals surface area contributed by atoms with Gasteiger partial charge in [0.25, 0.3) is 0 Å². The standard InChI is InChI=1S/C21H30N4O/c1-16-6-8-20-18(5-4-10-22-20)19(16)15-23-21(26)9-7-17(2)25-13-11-24(3)12-14-25/h4-6,8,10,17H,7,9,11-15H2,1-3H3,(H,23,26). The summed E-state index contributed by atoms with van der Waals surface area (Å²) >= 11 is 0. The molecule has 1 aromatic carbocycles. The summed E-state index contributed by atoms with van der Waals surface area (Å²) in [5.74, 6) is 0.131. The van der Waals surface area contributed by atoms with Crippen LogP contribution in [0.1, 0.15) is 30.9 Å². The van der Waals surface area contributed by atoms with Crippen LogP contribution in [0.15, 0.2) is 30.5 Å². The molecule has 1 aromatic heterocycles. The van der Waals surface area contributed by atoms with Crippen LogP contribution in [0.25, 0.3) is 10.9 Å². The third kappa shape index (κ3) is 4.59. The minimum Gasteiger partial charge on any atom is -0.352 e. The predicted molar refractivity (Wildman–Crippen MR) is 106 cm³/mol. The minimum absolute atomic E-state index is 0.131. The van der Waals surface area contributed by atoms with E-state index in [2.05, 4.69) is 53.1 Å². The van der Waals surface area contributed by atoms with Gasteiger partial charge >= 0.3 is 0 Å². The maximum Gasteiger partial charge on any atom is 0.220 e. The fourth-order valence-electron chi connectivity index (χ4n) is 3.62. The van der Waals surface area contributed by atoms with Crippen LogP contribution < -0.4 is 5.32 Å². The van der Waals surface area contributed by atoms with Gasteiger partial charge < -0.3 is 10.2 Å². The lowest BCUT2D eigenvalue weighted by Gasteiger charge is -2.36. The Bertz CT molecular complexity index is 753. The fraction of sp³-hybridized carbons (Fsp3) is 0.524. The summed E-state index contributed by atoms with van der Waals surface area (Å²) in [4.78, 5) is 21.6. The number of piperazine rings is 1. The highest BCUT2D eigenvalue weighted by molar-refractivity contribution is 5.84. The molecule has 0 saturated carbocycles. The van der Waals surface area contributed by atoms with E-state index in [1.807, 2.05) is 12.1 Å². The molecule has 26 heavy (non-hydrogen) atoms. The SMILES string of the molecule is Cc1ccc2ncccc2c1CNC(=O)CCC(C)N1CCN(C)CC1. The average Bonchev–Trinajstić information content (AvgIpc) is 2.66. The molecule has 1 N–H and O–H groups in total. The van der Waals surface area contributed by atoms with Crippen molar-refractivity contribution in [2.45, 2.75) is 39.3 Å². The van der Waals surface area contributed by atoms with E-state index in [1.54, 1.807) is 6.20 Å². The number of carbonyl (C=O) groups excluding carboxylic acids is 1. The van der Waals surface area contributed by atoms with Crippen LogP contribution in [-0.4, -0.2) is 60.0 Å². The Hall–Kier alpha value is -1.98. The number of benzene rings is 1. The number of rotatable bonds is 6. The number of fused-ring (bicyclic) bond motifs is 1. The van der Waals surface area contributed by atoms with Crippen LogP contribution in [0, 0.1) is 6.92 Å². The number of likely N-dealkylation sites (N-methyl/N-ethyl adjacent to an activating group) is 1. The molecular weight excluding hydrogens is 324 g/mol. The second-order valence-electron chi connectivity index (χ2n) is 7.43. The van der Waals surface area contributed by atoms with Gasteiger partial charge in [0, 0.05) is 56.8 Å². The summed E-state index contributed by atoms with van der Waals surface area (Å²) < 4.78 is 0. The van der Waals surface area contributed by atoms with E-state index < -0.39 is 0 Å². The van der Waals surface area contributed by atoms with Gasteiger partial charge in [-0.2, -0.15) is 0 Å². The van der Waals surface area contributed by atoms with Crippen LogP contribution >= 0.6 is 0 Å². The molecule has 1 aliphatic rings. The Kier molecular flexibility index (Phi) is 6.22. The Balaban J connectivity index is 1.51. The zero-order valence-electron chi connectivity index (χ0n) is 16.2. The Morgan fingerprint density at radius 2 is 2.00 bits per heavy atom. The number of aryl methyl sites for hydroxylation is 1. The molecule has 0 spiro atoms. The van der Waals surface area contributed by atoms with Gasteiger partial charge in [-0.05, 0) is 50.6 Å². The highest BCUT2D eigenvalue weighted by atomic mass is 16.1. The highest BCUT2D eigenvalue weighted by Gasteiger charge is 2.19. The number of amides is 1. The summed E-state index contributed by atoms with van der Waals surface area (Å²) in [6, 6.07) is 8.59. The summed E-state index contributed by atoms with van der Waals surface area (Å²) in [5.41, 5.74) is 3.33. The van der Waals surface area contributed by atoms with Gasteiger partial charge in [0.2, 0.25) is 5.91 Å². The Labute approximate surface area is 156 Å². The second-order valence-corrected chi connectivity index (χ2v) is 7.43. The number of pyridine rings is 1. The third-order valence-electron chi connectivity index (χ3n) is 5.54. The Morgan fingerprint density at radius 3 is 2.77 bits per heavy atom. The number of nitrogens with zero attached hydrogens (tertiary/aromatic N) is 3. The third-order valence-corrected chi connectivity index (χ3v) is 5.54. The summed E-state index contributed by atoms with van der Waals surface area (Å²) in [6.07, 6.45) is 3.29. The molecule has 1 saturated heterocycles. The number of carbonyl (C=O) groups is 1. The molecule has 3 rings (SSSR count). The molecule has 5 nitrogen and oxygen atoms in total. The van der Waals surface area contributed by atoms with Crippen molar-refractivity contribution in [1.29, 1.82) is 0 Å². The van der Waals surface area contributed by atoms with Crippen LogP contribution in [0.3, 0.4) is 0 Å². The molecular formula is C21H30N4O. The van der Waals surface area contributed by atoms with Gasteiger partial charge in [-0.25, -0.2) is 0 Å². The van der Waals surface area contributed by atoms with E-state index in [1.165, 1.54) is 5.56 Å². The summed E-state index contributed by atoms with van der Waals surface area (Å²) in [5, 5.41) is 4.23. The maximum absolute atomic E-state index is 12.3. The quantitative estimate of drug-likeness (QED) is 0.866. The minimum atomic E-state index is 0.131. The first kappa shape index (κ1) is 18.8. The van der Waals surface area contributed by atoms with E-state index in [0.717, 1.165) is 49.1 Å². The maximum atomic E-state index is 12.3. The molecule has 2 aromatic rings. The summed E-state index contributed by atoms with van der Waals surface area (Å²) in [7, 11) is 2.17. The first-order valence-corrected chi connectivity index (χ1v) is 9.57. The van der Waals surface area contributed by atoms with Gasteiger partial charge in [0.05, 0.1) is 5.52 Å². The van der Waals surface area contributed by atoms with Crippen LogP contribution in [0.4, 0.5) is 0 Å². The molecule has 1 fully saturated rings. The van der Waals surface area contributed by atoms with Crippen LogP contribution in [-0.2, 0) is 11.3 Å². The van der Waals surface area contributed by atoms with Crippen molar-refractivity contribution < 1.29 is 4.79 Å². The molecule has 0 aliphatic carbocycles. The van der Waals surface area contributed by atoms with Crippen LogP contribution in [0.5, 0.6) is 0 Å². The number of hydrogen-bond donors (Lipinski definition) is 1. The van der Waals surface area contributed by atoms with E-state index in [9.17, 15) is 4.79 Å². The molecule has 1 aliphatic heterocycles. The largest absolute Gasteiger partial charge is 0.352 e. The molecule has 1 atom stereocenters. The smallest absolute Gasteiger partial charge is 0.220 e. The molecule has 2 heterocycles.